The Morgan fingerprint density at radius 2 is 1.88 bits per heavy atom. The summed E-state index contributed by atoms with van der Waals surface area (Å²) in [6.07, 6.45) is 1.51. The molecule has 0 amide bonds. The summed E-state index contributed by atoms with van der Waals surface area (Å²) < 4.78 is 26.6. The van der Waals surface area contributed by atoms with Crippen LogP contribution in [-0.2, 0) is 0 Å². The minimum atomic E-state index is -0.834. The molecule has 88 valence electrons. The van der Waals surface area contributed by atoms with Crippen LogP contribution >= 0.6 is 0 Å². The van der Waals surface area contributed by atoms with Crippen LogP contribution in [0.4, 0.5) is 14.6 Å². The average Bonchev–Trinajstić information content (AvgIpc) is 2.32. The Morgan fingerprint density at radius 3 is 2.59 bits per heavy atom. The van der Waals surface area contributed by atoms with Crippen molar-refractivity contribution < 1.29 is 8.78 Å². The number of rotatable bonds is 2. The van der Waals surface area contributed by atoms with Crippen LogP contribution in [0.2, 0.25) is 0 Å². The van der Waals surface area contributed by atoms with Gasteiger partial charge in [-0.05, 0) is 24.3 Å². The number of halogens is 2. The van der Waals surface area contributed by atoms with E-state index in [4.69, 9.17) is 11.5 Å². The van der Waals surface area contributed by atoms with Crippen molar-refractivity contribution in [3.63, 3.8) is 0 Å². The predicted octanol–water partition coefficient (Wildman–Crippen LogP) is 1.99. The summed E-state index contributed by atoms with van der Waals surface area (Å²) >= 11 is 0. The molecular formula is C12H11F2N3. The highest BCUT2D eigenvalue weighted by atomic mass is 19.1. The van der Waals surface area contributed by atoms with E-state index in [9.17, 15) is 8.78 Å². The van der Waals surface area contributed by atoms with Gasteiger partial charge in [0, 0.05) is 17.3 Å². The molecule has 1 heterocycles. The van der Waals surface area contributed by atoms with Crippen molar-refractivity contribution >= 4 is 5.82 Å². The zero-order valence-corrected chi connectivity index (χ0v) is 8.90. The highest BCUT2D eigenvalue weighted by Gasteiger charge is 2.16. The molecule has 1 unspecified atom stereocenters. The van der Waals surface area contributed by atoms with Gasteiger partial charge < -0.3 is 11.5 Å². The molecule has 0 aliphatic carbocycles. The van der Waals surface area contributed by atoms with E-state index in [1.54, 1.807) is 12.1 Å². The Morgan fingerprint density at radius 1 is 1.12 bits per heavy atom. The molecule has 0 aliphatic rings. The molecule has 0 bridgehead atoms. The van der Waals surface area contributed by atoms with Gasteiger partial charge in [0.2, 0.25) is 0 Å². The maximum absolute atomic E-state index is 13.5. The molecule has 1 aromatic carbocycles. The minimum absolute atomic E-state index is 0.0599. The fourth-order valence-electron chi connectivity index (χ4n) is 1.61. The Bertz CT molecular complexity index is 543. The zero-order valence-electron chi connectivity index (χ0n) is 8.90. The Balaban J connectivity index is 2.47. The Labute approximate surface area is 97.1 Å². The lowest BCUT2D eigenvalue weighted by Crippen LogP contribution is -2.16. The maximum atomic E-state index is 13.5. The largest absolute Gasteiger partial charge is 0.383 e. The van der Waals surface area contributed by atoms with Crippen LogP contribution in [0.25, 0.3) is 0 Å². The number of nitrogen functional groups attached to an aromatic ring is 1. The van der Waals surface area contributed by atoms with Crippen LogP contribution in [0.1, 0.15) is 17.2 Å². The van der Waals surface area contributed by atoms with Gasteiger partial charge in [-0.3, -0.25) is 0 Å². The third-order valence-corrected chi connectivity index (χ3v) is 2.50. The van der Waals surface area contributed by atoms with E-state index in [1.165, 1.54) is 6.20 Å². The van der Waals surface area contributed by atoms with E-state index >= 15 is 0 Å². The van der Waals surface area contributed by atoms with Gasteiger partial charge in [0.05, 0.1) is 6.04 Å². The first-order valence-corrected chi connectivity index (χ1v) is 5.00. The van der Waals surface area contributed by atoms with Crippen LogP contribution in [0.15, 0.2) is 36.5 Å². The summed E-state index contributed by atoms with van der Waals surface area (Å²) in [6, 6.07) is 5.58. The molecule has 17 heavy (non-hydrogen) atoms. The van der Waals surface area contributed by atoms with Crippen LogP contribution in [0.5, 0.6) is 0 Å². The molecule has 4 N–H and O–H groups in total. The molecule has 0 fully saturated rings. The molecule has 0 radical (unpaired) electrons. The number of nitrogens with zero attached hydrogens (tertiary/aromatic N) is 1. The molecule has 3 nitrogen and oxygen atoms in total. The first-order chi connectivity index (χ1) is 8.09. The molecule has 1 atom stereocenters. The van der Waals surface area contributed by atoms with Gasteiger partial charge in [0.15, 0.2) is 0 Å². The molecule has 2 aromatic rings. The van der Waals surface area contributed by atoms with Gasteiger partial charge in [-0.25, -0.2) is 13.8 Å². The Kier molecular flexibility index (Phi) is 3.01. The summed E-state index contributed by atoms with van der Waals surface area (Å²) in [5.74, 6) is -0.898. The smallest absolute Gasteiger partial charge is 0.128 e. The van der Waals surface area contributed by atoms with Crippen molar-refractivity contribution in [3.8, 4) is 0 Å². The summed E-state index contributed by atoms with van der Waals surface area (Å²) in [5.41, 5.74) is 12.0. The second-order valence-corrected chi connectivity index (χ2v) is 3.62. The van der Waals surface area contributed by atoms with Crippen molar-refractivity contribution in [2.75, 3.05) is 5.73 Å². The minimum Gasteiger partial charge on any atom is -0.383 e. The first-order valence-electron chi connectivity index (χ1n) is 5.00. The fraction of sp³-hybridized carbons (Fsp3) is 0.0833. The number of benzene rings is 1. The van der Waals surface area contributed by atoms with Crippen molar-refractivity contribution in [2.45, 2.75) is 6.04 Å². The van der Waals surface area contributed by atoms with Gasteiger partial charge in [-0.15, -0.1) is 0 Å². The molecule has 0 aliphatic heterocycles. The lowest BCUT2D eigenvalue weighted by molar-refractivity contribution is 0.576. The van der Waals surface area contributed by atoms with E-state index in [1.807, 2.05) is 0 Å². The summed E-state index contributed by atoms with van der Waals surface area (Å²) in [7, 11) is 0. The monoisotopic (exact) mass is 235 g/mol. The normalized spacial score (nSPS) is 12.4. The number of aromatic nitrogens is 1. The van der Waals surface area contributed by atoms with Gasteiger partial charge in [-0.1, -0.05) is 6.07 Å². The topological polar surface area (TPSA) is 64.9 Å². The van der Waals surface area contributed by atoms with Crippen molar-refractivity contribution in [2.24, 2.45) is 5.73 Å². The van der Waals surface area contributed by atoms with Crippen LogP contribution in [-0.4, -0.2) is 4.98 Å². The molecule has 5 heteroatoms. The van der Waals surface area contributed by atoms with E-state index in [0.29, 0.717) is 5.56 Å². The van der Waals surface area contributed by atoms with Crippen molar-refractivity contribution in [1.82, 2.24) is 4.98 Å². The van der Waals surface area contributed by atoms with Crippen LogP contribution in [0.3, 0.4) is 0 Å². The quantitative estimate of drug-likeness (QED) is 0.836. The van der Waals surface area contributed by atoms with Gasteiger partial charge in [0.1, 0.15) is 17.5 Å². The van der Waals surface area contributed by atoms with Gasteiger partial charge in [-0.2, -0.15) is 0 Å². The number of anilines is 1. The number of pyridine rings is 1. The average molecular weight is 235 g/mol. The van der Waals surface area contributed by atoms with Crippen molar-refractivity contribution in [3.05, 3.63) is 59.3 Å². The van der Waals surface area contributed by atoms with E-state index in [-0.39, 0.29) is 11.4 Å². The summed E-state index contributed by atoms with van der Waals surface area (Å²) in [5, 5.41) is 0. The van der Waals surface area contributed by atoms with Gasteiger partial charge >= 0.3 is 0 Å². The molecule has 1 aromatic heterocycles. The molecule has 0 spiro atoms. The zero-order chi connectivity index (χ0) is 12.4. The van der Waals surface area contributed by atoms with E-state index in [2.05, 4.69) is 4.98 Å². The SMILES string of the molecule is Nc1ncccc1C(N)c1cc(F)ccc1F. The van der Waals surface area contributed by atoms with Crippen molar-refractivity contribution in [1.29, 1.82) is 0 Å². The summed E-state index contributed by atoms with van der Waals surface area (Å²) in [4.78, 5) is 3.86. The number of nitrogens with two attached hydrogens (primary N) is 2. The third-order valence-electron chi connectivity index (χ3n) is 2.50. The Hall–Kier alpha value is -2.01. The predicted molar refractivity (Wildman–Crippen MR) is 61.0 cm³/mol. The first kappa shape index (κ1) is 11.5. The molecule has 0 saturated heterocycles. The standard InChI is InChI=1S/C12H11F2N3/c13-7-3-4-10(14)9(6-7)11(15)8-2-1-5-17-12(8)16/h1-6,11H,15H2,(H2,16,17). The second kappa shape index (κ2) is 4.47. The van der Waals surface area contributed by atoms with Gasteiger partial charge in [0.25, 0.3) is 0 Å². The van der Waals surface area contributed by atoms with E-state index in [0.717, 1.165) is 18.2 Å². The second-order valence-electron chi connectivity index (χ2n) is 3.62. The van der Waals surface area contributed by atoms with E-state index < -0.39 is 17.7 Å². The highest BCUT2D eigenvalue weighted by molar-refractivity contribution is 5.45. The fourth-order valence-corrected chi connectivity index (χ4v) is 1.61. The van der Waals surface area contributed by atoms with Crippen LogP contribution < -0.4 is 11.5 Å². The molecule has 0 saturated carbocycles. The molecular weight excluding hydrogens is 224 g/mol. The lowest BCUT2D eigenvalue weighted by atomic mass is 9.99. The number of hydrogen-bond donors (Lipinski definition) is 2. The lowest BCUT2D eigenvalue weighted by Gasteiger charge is -2.14. The number of hydrogen-bond acceptors (Lipinski definition) is 3. The van der Waals surface area contributed by atoms with Crippen LogP contribution in [0, 0.1) is 11.6 Å². The highest BCUT2D eigenvalue weighted by Crippen LogP contribution is 2.25. The molecule has 2 rings (SSSR count). The third kappa shape index (κ3) is 2.24. The summed E-state index contributed by atoms with van der Waals surface area (Å²) in [6.45, 7) is 0. The maximum Gasteiger partial charge on any atom is 0.128 e.